The zero-order valence-corrected chi connectivity index (χ0v) is 16.1. The minimum atomic E-state index is -0.00672. The number of rotatable bonds is 4. The summed E-state index contributed by atoms with van der Waals surface area (Å²) in [5.41, 5.74) is 2.65. The van der Waals surface area contributed by atoms with Gasteiger partial charge in [-0.2, -0.15) is 0 Å². The van der Waals surface area contributed by atoms with Crippen molar-refractivity contribution < 1.29 is 4.79 Å². The molecule has 0 radical (unpaired) electrons. The fourth-order valence-electron chi connectivity index (χ4n) is 5.51. The molecule has 4 atom stereocenters. The Bertz CT molecular complexity index is 637. The Morgan fingerprint density at radius 2 is 2.24 bits per heavy atom. The Morgan fingerprint density at radius 1 is 1.44 bits per heavy atom. The van der Waals surface area contributed by atoms with Gasteiger partial charge in [-0.3, -0.25) is 9.78 Å². The molecule has 136 valence electrons. The zero-order chi connectivity index (χ0) is 18.0. The number of hydrogen-bond donors (Lipinski definition) is 1. The van der Waals surface area contributed by atoms with Crippen molar-refractivity contribution in [1.29, 1.82) is 0 Å². The van der Waals surface area contributed by atoms with E-state index in [-0.39, 0.29) is 5.91 Å². The van der Waals surface area contributed by atoms with Crippen LogP contribution in [0, 0.1) is 29.1 Å². The number of nitrogens with one attached hydrogen (secondary N) is 1. The monoisotopic (exact) mass is 340 g/mol. The molecule has 1 aromatic heterocycles. The third-order valence-electron chi connectivity index (χ3n) is 6.59. The van der Waals surface area contributed by atoms with E-state index < -0.39 is 0 Å². The highest BCUT2D eigenvalue weighted by Gasteiger charge is 2.46. The van der Waals surface area contributed by atoms with E-state index in [2.05, 4.69) is 44.1 Å². The maximum atomic E-state index is 12.3. The lowest BCUT2D eigenvalue weighted by atomic mass is 9.53. The van der Waals surface area contributed by atoms with Crippen molar-refractivity contribution in [2.75, 3.05) is 6.54 Å². The Hall–Kier alpha value is -1.64. The van der Waals surface area contributed by atoms with Crippen molar-refractivity contribution >= 4 is 5.91 Å². The summed E-state index contributed by atoms with van der Waals surface area (Å²) < 4.78 is 0. The second-order valence-corrected chi connectivity index (χ2v) is 8.69. The Morgan fingerprint density at radius 3 is 2.92 bits per heavy atom. The van der Waals surface area contributed by atoms with Crippen molar-refractivity contribution in [2.24, 2.45) is 29.1 Å². The van der Waals surface area contributed by atoms with Gasteiger partial charge >= 0.3 is 0 Å². The van der Waals surface area contributed by atoms with Gasteiger partial charge in [0.05, 0.1) is 5.56 Å². The third-order valence-corrected chi connectivity index (χ3v) is 6.59. The first-order valence-corrected chi connectivity index (χ1v) is 9.79. The Balaban J connectivity index is 1.63. The molecule has 1 saturated carbocycles. The van der Waals surface area contributed by atoms with E-state index in [1.165, 1.54) is 19.3 Å². The average molecular weight is 341 g/mol. The standard InChI is InChI=1S/C22H32N2O/c1-15(2)20-16(3)7-8-19-12-17(9-10-22(19,20)4)13-24-21(25)18-6-5-11-23-14-18/h5-6,8,11,14-17,20H,7,9-10,12-13H2,1-4H3,(H,24,25)/t16?,17-,20?,22-/m0/s1. The summed E-state index contributed by atoms with van der Waals surface area (Å²) in [5.74, 6) is 2.83. The fourth-order valence-corrected chi connectivity index (χ4v) is 5.51. The first-order valence-electron chi connectivity index (χ1n) is 9.79. The smallest absolute Gasteiger partial charge is 0.252 e. The second-order valence-electron chi connectivity index (χ2n) is 8.69. The average Bonchev–Trinajstić information content (AvgIpc) is 2.59. The fraction of sp³-hybridized carbons (Fsp3) is 0.636. The van der Waals surface area contributed by atoms with Gasteiger partial charge in [0.1, 0.15) is 0 Å². The maximum absolute atomic E-state index is 12.3. The van der Waals surface area contributed by atoms with E-state index in [0.717, 1.165) is 30.7 Å². The molecule has 1 fully saturated rings. The first kappa shape index (κ1) is 18.2. The summed E-state index contributed by atoms with van der Waals surface area (Å²) >= 11 is 0. The normalized spacial score (nSPS) is 32.0. The molecular formula is C22H32N2O. The van der Waals surface area contributed by atoms with E-state index >= 15 is 0 Å². The quantitative estimate of drug-likeness (QED) is 0.796. The molecule has 0 aliphatic heterocycles. The van der Waals surface area contributed by atoms with E-state index in [0.29, 0.717) is 16.9 Å². The van der Waals surface area contributed by atoms with Gasteiger partial charge in [0, 0.05) is 18.9 Å². The van der Waals surface area contributed by atoms with Gasteiger partial charge in [-0.15, -0.1) is 0 Å². The number of pyridine rings is 1. The van der Waals surface area contributed by atoms with Crippen LogP contribution in [0.2, 0.25) is 0 Å². The number of carbonyl (C=O) groups is 1. The molecular weight excluding hydrogens is 308 g/mol. The minimum Gasteiger partial charge on any atom is -0.352 e. The van der Waals surface area contributed by atoms with E-state index in [1.807, 2.05) is 6.07 Å². The topological polar surface area (TPSA) is 42.0 Å². The summed E-state index contributed by atoms with van der Waals surface area (Å²) in [7, 11) is 0. The SMILES string of the molecule is CC(C)C1C(C)CC=C2C[C@@H](CNC(=O)c3cccnc3)CC[C@@]21C. The van der Waals surface area contributed by atoms with E-state index in [9.17, 15) is 4.79 Å². The van der Waals surface area contributed by atoms with Gasteiger partial charge in [-0.25, -0.2) is 0 Å². The molecule has 1 aromatic rings. The van der Waals surface area contributed by atoms with Crippen LogP contribution in [0.5, 0.6) is 0 Å². The molecule has 25 heavy (non-hydrogen) atoms. The minimum absolute atomic E-state index is 0.00672. The number of allylic oxidation sites excluding steroid dienone is 2. The number of nitrogens with zero attached hydrogens (tertiary/aromatic N) is 1. The summed E-state index contributed by atoms with van der Waals surface area (Å²) in [4.78, 5) is 16.3. The Labute approximate surface area is 152 Å². The molecule has 2 aliphatic rings. The number of fused-ring (bicyclic) bond motifs is 1. The zero-order valence-electron chi connectivity index (χ0n) is 16.1. The van der Waals surface area contributed by atoms with Crippen LogP contribution in [0.3, 0.4) is 0 Å². The van der Waals surface area contributed by atoms with Gasteiger partial charge in [0.15, 0.2) is 0 Å². The van der Waals surface area contributed by atoms with Crippen LogP contribution in [0.15, 0.2) is 36.2 Å². The van der Waals surface area contributed by atoms with Crippen molar-refractivity contribution in [3.63, 3.8) is 0 Å². The van der Waals surface area contributed by atoms with Crippen LogP contribution in [-0.4, -0.2) is 17.4 Å². The van der Waals surface area contributed by atoms with Crippen LogP contribution >= 0.6 is 0 Å². The van der Waals surface area contributed by atoms with Gasteiger partial charge in [-0.1, -0.05) is 39.3 Å². The van der Waals surface area contributed by atoms with E-state index in [4.69, 9.17) is 0 Å². The molecule has 0 saturated heterocycles. The van der Waals surface area contributed by atoms with Crippen LogP contribution < -0.4 is 5.32 Å². The highest BCUT2D eigenvalue weighted by Crippen LogP contribution is 2.55. The second kappa shape index (κ2) is 7.31. The molecule has 3 nitrogen and oxygen atoms in total. The van der Waals surface area contributed by atoms with Crippen LogP contribution in [-0.2, 0) is 0 Å². The molecule has 1 heterocycles. The molecule has 2 unspecified atom stereocenters. The largest absolute Gasteiger partial charge is 0.352 e. The third kappa shape index (κ3) is 3.65. The lowest BCUT2D eigenvalue weighted by Gasteiger charge is -2.52. The van der Waals surface area contributed by atoms with Gasteiger partial charge < -0.3 is 5.32 Å². The van der Waals surface area contributed by atoms with Crippen LogP contribution in [0.1, 0.15) is 63.7 Å². The first-order chi connectivity index (χ1) is 11.9. The van der Waals surface area contributed by atoms with Gasteiger partial charge in [0.2, 0.25) is 0 Å². The summed E-state index contributed by atoms with van der Waals surface area (Å²) in [6.45, 7) is 10.4. The Kier molecular flexibility index (Phi) is 5.31. The molecule has 1 amide bonds. The maximum Gasteiger partial charge on any atom is 0.252 e. The lowest BCUT2D eigenvalue weighted by Crippen LogP contribution is -2.44. The molecule has 3 rings (SSSR count). The molecule has 3 heteroatoms. The van der Waals surface area contributed by atoms with Crippen molar-refractivity contribution in [3.05, 3.63) is 41.7 Å². The highest BCUT2D eigenvalue weighted by molar-refractivity contribution is 5.93. The molecule has 2 aliphatic carbocycles. The van der Waals surface area contributed by atoms with Crippen molar-refractivity contribution in [2.45, 2.75) is 53.4 Å². The van der Waals surface area contributed by atoms with Gasteiger partial charge in [0.25, 0.3) is 5.91 Å². The van der Waals surface area contributed by atoms with Gasteiger partial charge in [-0.05, 0) is 66.9 Å². The predicted molar refractivity (Wildman–Crippen MR) is 102 cm³/mol. The molecule has 1 N–H and O–H groups in total. The molecule has 0 bridgehead atoms. The number of hydrogen-bond acceptors (Lipinski definition) is 2. The summed E-state index contributed by atoms with van der Waals surface area (Å²) in [6.07, 6.45) is 10.6. The van der Waals surface area contributed by atoms with Crippen molar-refractivity contribution in [3.8, 4) is 0 Å². The lowest BCUT2D eigenvalue weighted by molar-refractivity contribution is 0.0624. The molecule has 0 spiro atoms. The van der Waals surface area contributed by atoms with Crippen LogP contribution in [0.25, 0.3) is 0 Å². The summed E-state index contributed by atoms with van der Waals surface area (Å²) in [5, 5.41) is 3.11. The predicted octanol–water partition coefficient (Wildman–Crippen LogP) is 4.86. The number of aromatic nitrogens is 1. The summed E-state index contributed by atoms with van der Waals surface area (Å²) in [6, 6.07) is 3.62. The molecule has 0 aromatic carbocycles. The van der Waals surface area contributed by atoms with Crippen LogP contribution in [0.4, 0.5) is 0 Å². The number of amides is 1. The number of carbonyl (C=O) groups excluding carboxylic acids is 1. The van der Waals surface area contributed by atoms with E-state index in [1.54, 1.807) is 24.0 Å². The van der Waals surface area contributed by atoms with Crippen molar-refractivity contribution in [1.82, 2.24) is 10.3 Å². The highest BCUT2D eigenvalue weighted by atomic mass is 16.1.